The molecule has 0 saturated heterocycles. The second-order valence-electron chi connectivity index (χ2n) is 4.63. The van der Waals surface area contributed by atoms with Crippen LogP contribution < -0.4 is 0 Å². The summed E-state index contributed by atoms with van der Waals surface area (Å²) < 4.78 is 0. The zero-order chi connectivity index (χ0) is 13.2. The van der Waals surface area contributed by atoms with Crippen LogP contribution in [0.3, 0.4) is 0 Å². The quantitative estimate of drug-likeness (QED) is 0.800. The second-order valence-corrected chi connectivity index (χ2v) is 5.07. The molecule has 1 aliphatic rings. The summed E-state index contributed by atoms with van der Waals surface area (Å²) in [6, 6.07) is 9.47. The van der Waals surface area contributed by atoms with E-state index < -0.39 is 0 Å². The Balaban J connectivity index is 1.84. The topological polar surface area (TPSA) is 33.2 Å². The summed E-state index contributed by atoms with van der Waals surface area (Å²) in [5.74, 6) is 0.0266. The zero-order valence-corrected chi connectivity index (χ0v) is 11.1. The van der Waals surface area contributed by atoms with Gasteiger partial charge in [-0.3, -0.25) is 9.78 Å². The SMILES string of the molecule is O=C(c1cccnc1)N1CCc2ccc(Cl)cc2C1. The maximum Gasteiger partial charge on any atom is 0.255 e. The molecule has 4 heteroatoms. The molecule has 2 heterocycles. The van der Waals surface area contributed by atoms with Gasteiger partial charge in [0.05, 0.1) is 5.56 Å². The minimum Gasteiger partial charge on any atom is -0.334 e. The molecule has 0 spiro atoms. The summed E-state index contributed by atoms with van der Waals surface area (Å²) in [7, 11) is 0. The van der Waals surface area contributed by atoms with Crippen LogP contribution in [0, 0.1) is 0 Å². The highest BCUT2D eigenvalue weighted by Gasteiger charge is 2.21. The van der Waals surface area contributed by atoms with Gasteiger partial charge in [0.2, 0.25) is 0 Å². The predicted molar refractivity (Wildman–Crippen MR) is 74.1 cm³/mol. The lowest BCUT2D eigenvalue weighted by atomic mass is 9.99. The average Bonchev–Trinajstić information content (AvgIpc) is 2.46. The summed E-state index contributed by atoms with van der Waals surface area (Å²) >= 11 is 6.01. The fraction of sp³-hybridized carbons (Fsp3) is 0.200. The van der Waals surface area contributed by atoms with E-state index in [0.29, 0.717) is 12.1 Å². The standard InChI is InChI=1S/C15H13ClN2O/c16-14-4-3-11-5-7-18(10-13(11)8-14)15(19)12-2-1-6-17-9-12/h1-4,6,8-9H,5,7,10H2. The Morgan fingerprint density at radius 3 is 2.95 bits per heavy atom. The van der Waals surface area contributed by atoms with Crippen LogP contribution in [-0.2, 0) is 13.0 Å². The second kappa shape index (κ2) is 5.02. The van der Waals surface area contributed by atoms with Gasteiger partial charge in [0.1, 0.15) is 0 Å². The Morgan fingerprint density at radius 1 is 1.26 bits per heavy atom. The van der Waals surface area contributed by atoms with Gasteiger partial charge < -0.3 is 4.90 Å². The number of carbonyl (C=O) groups excluding carboxylic acids is 1. The number of fused-ring (bicyclic) bond motifs is 1. The van der Waals surface area contributed by atoms with Gasteiger partial charge in [-0.2, -0.15) is 0 Å². The van der Waals surface area contributed by atoms with E-state index in [1.807, 2.05) is 23.1 Å². The first-order valence-electron chi connectivity index (χ1n) is 6.20. The summed E-state index contributed by atoms with van der Waals surface area (Å²) in [6.07, 6.45) is 4.15. The lowest BCUT2D eigenvalue weighted by Gasteiger charge is -2.29. The number of carbonyl (C=O) groups is 1. The molecule has 3 rings (SSSR count). The summed E-state index contributed by atoms with van der Waals surface area (Å²) in [5, 5.41) is 0.717. The monoisotopic (exact) mass is 272 g/mol. The van der Waals surface area contributed by atoms with Crippen LogP contribution >= 0.6 is 11.6 Å². The van der Waals surface area contributed by atoms with Crippen molar-refractivity contribution in [1.29, 1.82) is 0 Å². The maximum absolute atomic E-state index is 12.3. The van der Waals surface area contributed by atoms with Gasteiger partial charge in [0.15, 0.2) is 0 Å². The van der Waals surface area contributed by atoms with Crippen molar-refractivity contribution in [2.45, 2.75) is 13.0 Å². The molecular formula is C15H13ClN2O. The van der Waals surface area contributed by atoms with E-state index in [2.05, 4.69) is 4.98 Å². The molecule has 1 aromatic carbocycles. The van der Waals surface area contributed by atoms with E-state index >= 15 is 0 Å². The molecule has 0 N–H and O–H groups in total. The van der Waals surface area contributed by atoms with E-state index in [4.69, 9.17) is 11.6 Å². The van der Waals surface area contributed by atoms with Gasteiger partial charge in [-0.25, -0.2) is 0 Å². The van der Waals surface area contributed by atoms with Crippen LogP contribution in [-0.4, -0.2) is 22.3 Å². The third-order valence-electron chi connectivity index (χ3n) is 3.38. The third kappa shape index (κ3) is 2.47. The molecule has 0 unspecified atom stereocenters. The molecule has 2 aromatic rings. The highest BCUT2D eigenvalue weighted by molar-refractivity contribution is 6.30. The first-order chi connectivity index (χ1) is 9.24. The molecule has 1 aromatic heterocycles. The number of nitrogens with zero attached hydrogens (tertiary/aromatic N) is 2. The molecule has 0 bridgehead atoms. The van der Waals surface area contributed by atoms with Crippen LogP contribution in [0.4, 0.5) is 0 Å². The van der Waals surface area contributed by atoms with Crippen LogP contribution in [0.1, 0.15) is 21.5 Å². The fourth-order valence-electron chi connectivity index (χ4n) is 2.37. The average molecular weight is 273 g/mol. The van der Waals surface area contributed by atoms with Crippen molar-refractivity contribution in [1.82, 2.24) is 9.88 Å². The van der Waals surface area contributed by atoms with Gasteiger partial charge in [-0.05, 0) is 41.8 Å². The lowest BCUT2D eigenvalue weighted by Crippen LogP contribution is -2.35. The highest BCUT2D eigenvalue weighted by Crippen LogP contribution is 2.23. The largest absolute Gasteiger partial charge is 0.334 e. The summed E-state index contributed by atoms with van der Waals surface area (Å²) in [4.78, 5) is 18.2. The van der Waals surface area contributed by atoms with E-state index in [0.717, 1.165) is 23.6 Å². The molecular weight excluding hydrogens is 260 g/mol. The van der Waals surface area contributed by atoms with E-state index in [1.54, 1.807) is 24.5 Å². The van der Waals surface area contributed by atoms with Crippen molar-refractivity contribution in [2.75, 3.05) is 6.54 Å². The van der Waals surface area contributed by atoms with E-state index in [1.165, 1.54) is 5.56 Å². The van der Waals surface area contributed by atoms with Gasteiger partial charge >= 0.3 is 0 Å². The predicted octanol–water partition coefficient (Wildman–Crippen LogP) is 2.93. The number of hydrogen-bond donors (Lipinski definition) is 0. The van der Waals surface area contributed by atoms with Gasteiger partial charge in [0.25, 0.3) is 5.91 Å². The van der Waals surface area contributed by atoms with Crippen LogP contribution in [0.25, 0.3) is 0 Å². The summed E-state index contributed by atoms with van der Waals surface area (Å²) in [6.45, 7) is 1.35. The Kier molecular flexibility index (Phi) is 3.22. The minimum atomic E-state index is 0.0266. The van der Waals surface area contributed by atoms with Crippen molar-refractivity contribution in [3.63, 3.8) is 0 Å². The number of benzene rings is 1. The Hall–Kier alpha value is -1.87. The lowest BCUT2D eigenvalue weighted by molar-refractivity contribution is 0.0734. The molecule has 1 amide bonds. The van der Waals surface area contributed by atoms with Gasteiger partial charge in [-0.1, -0.05) is 17.7 Å². The molecule has 19 heavy (non-hydrogen) atoms. The highest BCUT2D eigenvalue weighted by atomic mass is 35.5. The molecule has 96 valence electrons. The molecule has 0 fully saturated rings. The number of pyridine rings is 1. The number of amides is 1. The van der Waals surface area contributed by atoms with Crippen molar-refractivity contribution in [3.8, 4) is 0 Å². The van der Waals surface area contributed by atoms with Gasteiger partial charge in [-0.15, -0.1) is 0 Å². The first kappa shape index (κ1) is 12.2. The molecule has 0 atom stereocenters. The zero-order valence-electron chi connectivity index (χ0n) is 10.3. The van der Waals surface area contributed by atoms with Crippen molar-refractivity contribution < 1.29 is 4.79 Å². The fourth-order valence-corrected chi connectivity index (χ4v) is 2.57. The van der Waals surface area contributed by atoms with E-state index in [-0.39, 0.29) is 5.91 Å². The summed E-state index contributed by atoms with van der Waals surface area (Å²) in [5.41, 5.74) is 3.05. The Labute approximate surface area is 116 Å². The number of halogens is 1. The molecule has 0 saturated carbocycles. The first-order valence-corrected chi connectivity index (χ1v) is 6.58. The maximum atomic E-state index is 12.3. The Morgan fingerprint density at radius 2 is 2.16 bits per heavy atom. The number of hydrogen-bond acceptors (Lipinski definition) is 2. The van der Waals surface area contributed by atoms with Crippen LogP contribution in [0.5, 0.6) is 0 Å². The van der Waals surface area contributed by atoms with E-state index in [9.17, 15) is 4.79 Å². The number of rotatable bonds is 1. The van der Waals surface area contributed by atoms with Gasteiger partial charge in [0, 0.05) is 30.5 Å². The third-order valence-corrected chi connectivity index (χ3v) is 3.61. The smallest absolute Gasteiger partial charge is 0.255 e. The molecule has 0 radical (unpaired) electrons. The number of aromatic nitrogens is 1. The van der Waals surface area contributed by atoms with Crippen molar-refractivity contribution in [3.05, 3.63) is 64.4 Å². The normalized spacial score (nSPS) is 14.1. The Bertz CT molecular complexity index is 613. The van der Waals surface area contributed by atoms with Crippen LogP contribution in [0.2, 0.25) is 5.02 Å². The minimum absolute atomic E-state index is 0.0266. The molecule has 1 aliphatic heterocycles. The van der Waals surface area contributed by atoms with Crippen molar-refractivity contribution in [2.24, 2.45) is 0 Å². The molecule has 3 nitrogen and oxygen atoms in total. The van der Waals surface area contributed by atoms with Crippen LogP contribution in [0.15, 0.2) is 42.7 Å². The molecule has 0 aliphatic carbocycles. The van der Waals surface area contributed by atoms with Crippen molar-refractivity contribution >= 4 is 17.5 Å².